The molecule has 0 saturated carbocycles. The lowest BCUT2D eigenvalue weighted by Crippen LogP contribution is -2.15. The second kappa shape index (κ2) is 7.22. The lowest BCUT2D eigenvalue weighted by Gasteiger charge is -2.14. The molecule has 0 fully saturated rings. The van der Waals surface area contributed by atoms with E-state index >= 15 is 0 Å². The van der Waals surface area contributed by atoms with Gasteiger partial charge in [-0.3, -0.25) is 14.5 Å². The molecule has 1 unspecified atom stereocenters. The number of aromatic nitrogens is 2. The number of nitrogens with one attached hydrogen (secondary N) is 1. The fraction of sp³-hybridized carbons (Fsp3) is 0.150. The molecule has 0 bridgehead atoms. The minimum absolute atomic E-state index is 0.0717. The van der Waals surface area contributed by atoms with E-state index in [2.05, 4.69) is 15.4 Å². The predicted molar refractivity (Wildman–Crippen MR) is 104 cm³/mol. The number of hydrogen-bond acceptors (Lipinski definition) is 4. The Bertz CT molecular complexity index is 1120. The highest BCUT2D eigenvalue weighted by atomic mass is 19.1. The van der Waals surface area contributed by atoms with Gasteiger partial charge >= 0.3 is 0 Å². The standard InChI is InChI=1S/C20H17F2N5O/c21-15-2-3-18(17(23)7-15)26-20(28)13-1-4-19-14(6-13)9-25-27(19)11-12-5-16(22)10-24-8-12/h1-4,6-10,12H,5,11,23H2,(H,26,28). The number of halogens is 2. The summed E-state index contributed by atoms with van der Waals surface area (Å²) in [5, 5.41) is 7.80. The quantitative estimate of drug-likeness (QED) is 0.672. The maximum absolute atomic E-state index is 13.4. The van der Waals surface area contributed by atoms with Gasteiger partial charge in [-0.1, -0.05) is 0 Å². The van der Waals surface area contributed by atoms with Gasteiger partial charge in [0.15, 0.2) is 0 Å². The Morgan fingerprint density at radius 1 is 1.25 bits per heavy atom. The van der Waals surface area contributed by atoms with Gasteiger partial charge in [0.2, 0.25) is 0 Å². The second-order valence-corrected chi connectivity index (χ2v) is 6.62. The predicted octanol–water partition coefficient (Wildman–Crippen LogP) is 3.91. The number of benzene rings is 2. The third kappa shape index (κ3) is 3.62. The van der Waals surface area contributed by atoms with Crippen LogP contribution in [0, 0.1) is 11.7 Å². The Balaban J connectivity index is 1.53. The summed E-state index contributed by atoms with van der Waals surface area (Å²) in [6, 6.07) is 8.96. The van der Waals surface area contributed by atoms with Crippen LogP contribution < -0.4 is 11.1 Å². The number of hydrogen-bond donors (Lipinski definition) is 2. The average molecular weight is 381 g/mol. The summed E-state index contributed by atoms with van der Waals surface area (Å²) in [5.74, 6) is -1.15. The summed E-state index contributed by atoms with van der Waals surface area (Å²) < 4.78 is 28.3. The van der Waals surface area contributed by atoms with E-state index < -0.39 is 5.82 Å². The number of carbonyl (C=O) groups excluding carboxylic acids is 1. The highest BCUT2D eigenvalue weighted by molar-refractivity contribution is 6.07. The number of allylic oxidation sites excluding steroid dienone is 1. The van der Waals surface area contributed by atoms with Gasteiger partial charge in [-0.15, -0.1) is 0 Å². The van der Waals surface area contributed by atoms with Crippen LogP contribution >= 0.6 is 0 Å². The SMILES string of the molecule is Nc1cc(F)ccc1NC(=O)c1ccc2c(cnn2CC2C=NC=C(F)C2)c1. The van der Waals surface area contributed by atoms with E-state index in [0.717, 1.165) is 17.0 Å². The van der Waals surface area contributed by atoms with Gasteiger partial charge in [0.1, 0.15) is 11.6 Å². The molecule has 1 aliphatic rings. The highest BCUT2D eigenvalue weighted by Crippen LogP contribution is 2.23. The van der Waals surface area contributed by atoms with Crippen molar-refractivity contribution in [2.75, 3.05) is 11.1 Å². The van der Waals surface area contributed by atoms with Gasteiger partial charge in [-0.2, -0.15) is 5.10 Å². The zero-order valence-corrected chi connectivity index (χ0v) is 14.8. The van der Waals surface area contributed by atoms with Crippen molar-refractivity contribution in [3.05, 3.63) is 66.0 Å². The van der Waals surface area contributed by atoms with Crippen LogP contribution in [0.25, 0.3) is 10.9 Å². The lowest BCUT2D eigenvalue weighted by atomic mass is 10.0. The number of aliphatic imine (C=N–C) groups is 1. The van der Waals surface area contributed by atoms with E-state index in [9.17, 15) is 13.6 Å². The summed E-state index contributed by atoms with van der Waals surface area (Å²) in [6.07, 6.45) is 4.89. The van der Waals surface area contributed by atoms with E-state index in [1.807, 2.05) is 0 Å². The Hall–Kier alpha value is -3.55. The Kier molecular flexibility index (Phi) is 4.60. The van der Waals surface area contributed by atoms with E-state index in [-0.39, 0.29) is 23.3 Å². The molecule has 2 heterocycles. The molecule has 4 rings (SSSR count). The molecule has 2 aromatic carbocycles. The van der Waals surface area contributed by atoms with Gasteiger partial charge in [0.05, 0.1) is 29.3 Å². The van der Waals surface area contributed by atoms with Crippen molar-refractivity contribution in [1.29, 1.82) is 0 Å². The number of nitrogens with two attached hydrogens (primary N) is 1. The molecule has 28 heavy (non-hydrogen) atoms. The van der Waals surface area contributed by atoms with Crippen LogP contribution in [-0.4, -0.2) is 21.9 Å². The molecule has 1 aromatic heterocycles. The van der Waals surface area contributed by atoms with Crippen molar-refractivity contribution in [1.82, 2.24) is 9.78 Å². The van der Waals surface area contributed by atoms with Gasteiger partial charge in [0, 0.05) is 36.0 Å². The summed E-state index contributed by atoms with van der Waals surface area (Å²) in [6.45, 7) is 0.492. The van der Waals surface area contributed by atoms with E-state index in [1.54, 1.807) is 35.3 Å². The summed E-state index contributed by atoms with van der Waals surface area (Å²) >= 11 is 0. The number of fused-ring (bicyclic) bond motifs is 1. The van der Waals surface area contributed by atoms with E-state index in [0.29, 0.717) is 24.2 Å². The second-order valence-electron chi connectivity index (χ2n) is 6.62. The van der Waals surface area contributed by atoms with Crippen LogP contribution in [0.2, 0.25) is 0 Å². The van der Waals surface area contributed by atoms with E-state index in [4.69, 9.17) is 5.73 Å². The van der Waals surface area contributed by atoms with Crippen molar-refractivity contribution >= 4 is 34.4 Å². The molecule has 142 valence electrons. The number of carbonyl (C=O) groups is 1. The smallest absolute Gasteiger partial charge is 0.255 e. The first-order valence-corrected chi connectivity index (χ1v) is 8.69. The molecular weight excluding hydrogens is 364 g/mol. The first-order chi connectivity index (χ1) is 13.5. The van der Waals surface area contributed by atoms with Crippen LogP contribution in [0.4, 0.5) is 20.2 Å². The molecular formula is C20H17F2N5O. The Morgan fingerprint density at radius 3 is 2.89 bits per heavy atom. The minimum Gasteiger partial charge on any atom is -0.397 e. The lowest BCUT2D eigenvalue weighted by molar-refractivity contribution is 0.102. The maximum Gasteiger partial charge on any atom is 0.255 e. The van der Waals surface area contributed by atoms with Gasteiger partial charge in [-0.25, -0.2) is 8.78 Å². The topological polar surface area (TPSA) is 85.3 Å². The number of anilines is 2. The van der Waals surface area contributed by atoms with Gasteiger partial charge in [0.25, 0.3) is 5.91 Å². The molecule has 3 aromatic rings. The first kappa shape index (κ1) is 17.8. The molecule has 0 saturated heterocycles. The van der Waals surface area contributed by atoms with Crippen LogP contribution in [0.15, 0.2) is 59.6 Å². The largest absolute Gasteiger partial charge is 0.397 e. The number of nitrogens with zero attached hydrogens (tertiary/aromatic N) is 3. The van der Waals surface area contributed by atoms with Crippen molar-refractivity contribution in [3.8, 4) is 0 Å². The molecule has 1 atom stereocenters. The molecule has 0 spiro atoms. The number of nitrogen functional groups attached to an aromatic ring is 1. The molecule has 1 amide bonds. The monoisotopic (exact) mass is 381 g/mol. The van der Waals surface area contributed by atoms with Crippen LogP contribution in [-0.2, 0) is 6.54 Å². The van der Waals surface area contributed by atoms with Crippen molar-refractivity contribution in [2.45, 2.75) is 13.0 Å². The third-order valence-corrected chi connectivity index (χ3v) is 4.54. The number of rotatable bonds is 4. The Morgan fingerprint density at radius 2 is 2.11 bits per heavy atom. The summed E-state index contributed by atoms with van der Waals surface area (Å²) in [5.41, 5.74) is 7.48. The zero-order valence-electron chi connectivity index (χ0n) is 14.8. The van der Waals surface area contributed by atoms with Gasteiger partial charge in [-0.05, 0) is 36.4 Å². The molecule has 8 heteroatoms. The van der Waals surface area contributed by atoms with Crippen LogP contribution in [0.1, 0.15) is 16.8 Å². The Labute approximate surface area is 159 Å². The average Bonchev–Trinajstić information content (AvgIpc) is 3.06. The summed E-state index contributed by atoms with van der Waals surface area (Å²) in [7, 11) is 0. The summed E-state index contributed by atoms with van der Waals surface area (Å²) in [4.78, 5) is 16.4. The molecule has 0 aliphatic carbocycles. The maximum atomic E-state index is 13.4. The normalized spacial score (nSPS) is 16.2. The third-order valence-electron chi connectivity index (χ3n) is 4.54. The van der Waals surface area contributed by atoms with Crippen LogP contribution in [0.5, 0.6) is 0 Å². The molecule has 6 nitrogen and oxygen atoms in total. The zero-order chi connectivity index (χ0) is 19.7. The highest BCUT2D eigenvalue weighted by Gasteiger charge is 2.16. The number of amides is 1. The van der Waals surface area contributed by atoms with Crippen molar-refractivity contribution in [3.63, 3.8) is 0 Å². The van der Waals surface area contributed by atoms with Crippen molar-refractivity contribution < 1.29 is 13.6 Å². The fourth-order valence-electron chi connectivity index (χ4n) is 3.15. The molecule has 1 aliphatic heterocycles. The van der Waals surface area contributed by atoms with Gasteiger partial charge < -0.3 is 11.1 Å². The fourth-order valence-corrected chi connectivity index (χ4v) is 3.15. The minimum atomic E-state index is -0.470. The molecule has 3 N–H and O–H groups in total. The first-order valence-electron chi connectivity index (χ1n) is 8.69. The van der Waals surface area contributed by atoms with E-state index in [1.165, 1.54) is 18.3 Å². The molecule has 0 radical (unpaired) electrons. The van der Waals surface area contributed by atoms with Crippen molar-refractivity contribution in [2.24, 2.45) is 10.9 Å². The van der Waals surface area contributed by atoms with Crippen LogP contribution in [0.3, 0.4) is 0 Å².